The predicted octanol–water partition coefficient (Wildman–Crippen LogP) is 3.27. The number of sulfonamides is 1. The van der Waals surface area contributed by atoms with E-state index in [-0.39, 0.29) is 10.8 Å². The van der Waals surface area contributed by atoms with E-state index in [1.54, 1.807) is 41.2 Å². The molecule has 3 aromatic rings. The van der Waals surface area contributed by atoms with Crippen molar-refractivity contribution in [3.05, 3.63) is 84.2 Å². The van der Waals surface area contributed by atoms with E-state index in [2.05, 4.69) is 10.4 Å². The van der Waals surface area contributed by atoms with Crippen LogP contribution in [0.3, 0.4) is 0 Å². The van der Waals surface area contributed by atoms with Gasteiger partial charge in [-0.15, -0.1) is 0 Å². The summed E-state index contributed by atoms with van der Waals surface area (Å²) in [4.78, 5) is 12.4. The molecular formula is C24H28N4O3S. The van der Waals surface area contributed by atoms with Crippen LogP contribution in [-0.2, 0) is 21.2 Å². The molecule has 0 saturated heterocycles. The standard InChI is InChI=1S/C24H28N4O3S/c1-3-27(4-2)32(30,31)23-13-10-20(11-14-23)12-15-24(29)25-17-16-21-18-26-28(19-21)22-8-6-5-7-9-22/h5-15,18-19H,3-4,16-17H2,1-2H3,(H,25,29)/b15-12+. The van der Waals surface area contributed by atoms with Crippen molar-refractivity contribution in [2.75, 3.05) is 19.6 Å². The van der Waals surface area contributed by atoms with Crippen LogP contribution in [-0.4, -0.2) is 48.0 Å². The summed E-state index contributed by atoms with van der Waals surface area (Å²) < 4.78 is 28.3. The molecule has 7 nitrogen and oxygen atoms in total. The molecule has 0 spiro atoms. The number of carbonyl (C=O) groups excluding carboxylic acids is 1. The Bertz CT molecular complexity index is 1150. The number of carbonyl (C=O) groups is 1. The molecule has 0 unspecified atom stereocenters. The van der Waals surface area contributed by atoms with Gasteiger partial charge >= 0.3 is 0 Å². The van der Waals surface area contributed by atoms with Crippen molar-refractivity contribution in [3.63, 3.8) is 0 Å². The van der Waals surface area contributed by atoms with Crippen LogP contribution in [0.4, 0.5) is 0 Å². The SMILES string of the molecule is CCN(CC)S(=O)(=O)c1ccc(/C=C/C(=O)NCCc2cnn(-c3ccccc3)c2)cc1. The van der Waals surface area contributed by atoms with Gasteiger partial charge in [0.15, 0.2) is 0 Å². The number of para-hydroxylation sites is 1. The van der Waals surface area contributed by atoms with Crippen LogP contribution in [0, 0.1) is 0 Å². The summed E-state index contributed by atoms with van der Waals surface area (Å²) >= 11 is 0. The lowest BCUT2D eigenvalue weighted by Gasteiger charge is -2.18. The zero-order valence-electron chi connectivity index (χ0n) is 18.3. The van der Waals surface area contributed by atoms with Crippen LogP contribution in [0.2, 0.25) is 0 Å². The Morgan fingerprint density at radius 3 is 2.41 bits per heavy atom. The van der Waals surface area contributed by atoms with Gasteiger partial charge in [-0.25, -0.2) is 13.1 Å². The van der Waals surface area contributed by atoms with E-state index in [0.29, 0.717) is 26.1 Å². The third-order valence-corrected chi connectivity index (χ3v) is 7.08. The third-order valence-electron chi connectivity index (χ3n) is 5.02. The molecule has 0 radical (unpaired) electrons. The van der Waals surface area contributed by atoms with Crippen molar-refractivity contribution in [3.8, 4) is 5.69 Å². The normalized spacial score (nSPS) is 11.8. The van der Waals surface area contributed by atoms with Crippen molar-refractivity contribution < 1.29 is 13.2 Å². The van der Waals surface area contributed by atoms with Crippen molar-refractivity contribution >= 4 is 22.0 Å². The van der Waals surface area contributed by atoms with E-state index < -0.39 is 10.0 Å². The first-order chi connectivity index (χ1) is 15.4. The van der Waals surface area contributed by atoms with E-state index in [1.807, 2.05) is 50.4 Å². The molecule has 1 aromatic heterocycles. The first-order valence-corrected chi connectivity index (χ1v) is 12.0. The van der Waals surface area contributed by atoms with Crippen LogP contribution < -0.4 is 5.32 Å². The minimum Gasteiger partial charge on any atom is -0.352 e. The summed E-state index contributed by atoms with van der Waals surface area (Å²) in [6.45, 7) is 4.96. The average Bonchev–Trinajstić information content (AvgIpc) is 3.28. The zero-order valence-corrected chi connectivity index (χ0v) is 19.1. The third kappa shape index (κ3) is 5.93. The second-order valence-electron chi connectivity index (χ2n) is 7.16. The van der Waals surface area contributed by atoms with Gasteiger partial charge in [0, 0.05) is 31.9 Å². The number of nitrogens with one attached hydrogen (secondary N) is 1. The maximum Gasteiger partial charge on any atom is 0.244 e. The van der Waals surface area contributed by atoms with Gasteiger partial charge in [-0.05, 0) is 47.9 Å². The van der Waals surface area contributed by atoms with Gasteiger partial charge < -0.3 is 5.32 Å². The van der Waals surface area contributed by atoms with Gasteiger partial charge in [0.2, 0.25) is 15.9 Å². The van der Waals surface area contributed by atoms with Crippen molar-refractivity contribution in [1.29, 1.82) is 0 Å². The minimum atomic E-state index is -3.48. The Morgan fingerprint density at radius 1 is 1.06 bits per heavy atom. The molecule has 0 aliphatic rings. The number of rotatable bonds is 10. The van der Waals surface area contributed by atoms with Gasteiger partial charge in [0.05, 0.1) is 16.8 Å². The molecule has 0 saturated carbocycles. The molecule has 0 atom stereocenters. The van der Waals surface area contributed by atoms with Crippen LogP contribution >= 0.6 is 0 Å². The molecule has 168 valence electrons. The maximum atomic E-state index is 12.5. The molecule has 8 heteroatoms. The summed E-state index contributed by atoms with van der Waals surface area (Å²) in [5.41, 5.74) is 2.77. The van der Waals surface area contributed by atoms with Gasteiger partial charge in [-0.2, -0.15) is 9.40 Å². The Balaban J connectivity index is 1.50. The molecular weight excluding hydrogens is 424 g/mol. The average molecular weight is 453 g/mol. The van der Waals surface area contributed by atoms with E-state index in [0.717, 1.165) is 16.8 Å². The van der Waals surface area contributed by atoms with E-state index in [9.17, 15) is 13.2 Å². The Labute approximate surface area is 189 Å². The van der Waals surface area contributed by atoms with Crippen molar-refractivity contribution in [2.45, 2.75) is 25.2 Å². The quantitative estimate of drug-likeness (QED) is 0.479. The molecule has 1 amide bonds. The largest absolute Gasteiger partial charge is 0.352 e. The van der Waals surface area contributed by atoms with E-state index in [1.165, 1.54) is 10.4 Å². The molecule has 2 aromatic carbocycles. The molecule has 1 N–H and O–H groups in total. The summed E-state index contributed by atoms with van der Waals surface area (Å²) in [5.74, 6) is -0.208. The van der Waals surface area contributed by atoms with Gasteiger partial charge in [-0.1, -0.05) is 44.2 Å². The van der Waals surface area contributed by atoms with E-state index >= 15 is 0 Å². The van der Waals surface area contributed by atoms with Crippen LogP contribution in [0.15, 0.2) is 78.0 Å². The first kappa shape index (κ1) is 23.4. The molecule has 1 heterocycles. The lowest BCUT2D eigenvalue weighted by molar-refractivity contribution is -0.116. The fourth-order valence-electron chi connectivity index (χ4n) is 3.24. The monoisotopic (exact) mass is 452 g/mol. The van der Waals surface area contributed by atoms with Gasteiger partial charge in [-0.3, -0.25) is 4.79 Å². The topological polar surface area (TPSA) is 84.3 Å². The van der Waals surface area contributed by atoms with Crippen LogP contribution in [0.1, 0.15) is 25.0 Å². The lowest BCUT2D eigenvalue weighted by atomic mass is 10.2. The molecule has 0 aliphatic carbocycles. The zero-order chi connectivity index (χ0) is 23.0. The highest BCUT2D eigenvalue weighted by Crippen LogP contribution is 2.16. The lowest BCUT2D eigenvalue weighted by Crippen LogP contribution is -2.30. The van der Waals surface area contributed by atoms with Crippen LogP contribution in [0.25, 0.3) is 11.8 Å². The predicted molar refractivity (Wildman–Crippen MR) is 126 cm³/mol. The van der Waals surface area contributed by atoms with Gasteiger partial charge in [0.25, 0.3) is 0 Å². The summed E-state index contributed by atoms with van der Waals surface area (Å²) in [6, 6.07) is 16.4. The highest BCUT2D eigenvalue weighted by Gasteiger charge is 2.20. The first-order valence-electron chi connectivity index (χ1n) is 10.6. The van der Waals surface area contributed by atoms with Gasteiger partial charge in [0.1, 0.15) is 0 Å². The summed E-state index contributed by atoms with van der Waals surface area (Å²) in [5, 5.41) is 7.20. The molecule has 0 bridgehead atoms. The number of benzene rings is 2. The molecule has 32 heavy (non-hydrogen) atoms. The summed E-state index contributed by atoms with van der Waals surface area (Å²) in [7, 11) is -3.48. The number of hydrogen-bond donors (Lipinski definition) is 1. The highest BCUT2D eigenvalue weighted by atomic mass is 32.2. The number of amides is 1. The summed E-state index contributed by atoms with van der Waals surface area (Å²) in [6.07, 6.45) is 7.52. The number of aromatic nitrogens is 2. The van der Waals surface area contributed by atoms with Crippen LogP contribution in [0.5, 0.6) is 0 Å². The Hall–Kier alpha value is -3.23. The maximum absolute atomic E-state index is 12.5. The fourth-order valence-corrected chi connectivity index (χ4v) is 4.69. The smallest absolute Gasteiger partial charge is 0.244 e. The minimum absolute atomic E-state index is 0.208. The van der Waals surface area contributed by atoms with Crippen molar-refractivity contribution in [1.82, 2.24) is 19.4 Å². The Kier molecular flexibility index (Phi) is 7.97. The number of hydrogen-bond acceptors (Lipinski definition) is 4. The highest BCUT2D eigenvalue weighted by molar-refractivity contribution is 7.89. The molecule has 0 fully saturated rings. The fraction of sp³-hybridized carbons (Fsp3) is 0.250. The van der Waals surface area contributed by atoms with Crippen molar-refractivity contribution in [2.24, 2.45) is 0 Å². The molecule has 3 rings (SSSR count). The second kappa shape index (κ2) is 10.9. The Morgan fingerprint density at radius 2 is 1.75 bits per heavy atom. The van der Waals surface area contributed by atoms with E-state index in [4.69, 9.17) is 0 Å². The molecule has 0 aliphatic heterocycles. The number of nitrogens with zero attached hydrogens (tertiary/aromatic N) is 3. The second-order valence-corrected chi connectivity index (χ2v) is 9.10.